The summed E-state index contributed by atoms with van der Waals surface area (Å²) in [4.78, 5) is 0. The van der Waals surface area contributed by atoms with E-state index in [0.717, 1.165) is 37.5 Å². The first kappa shape index (κ1) is 14.7. The number of nitriles is 1. The summed E-state index contributed by atoms with van der Waals surface area (Å²) in [7, 11) is -1.63. The Balaban J connectivity index is 2.72. The zero-order chi connectivity index (χ0) is 13.1. The summed E-state index contributed by atoms with van der Waals surface area (Å²) in [6, 6.07) is 2.49. The fraction of sp³-hybridized carbons (Fsp3) is 0.929. The molecule has 0 aromatic rings. The maximum Gasteiger partial charge on any atom is 0.185 e. The molecule has 1 saturated carbocycles. The van der Waals surface area contributed by atoms with Gasteiger partial charge in [-0.3, -0.25) is 0 Å². The number of hydrogen-bond donors (Lipinski definition) is 0. The largest absolute Gasteiger partial charge is 0.400 e. The van der Waals surface area contributed by atoms with Crippen LogP contribution in [0, 0.1) is 23.2 Å². The van der Waals surface area contributed by atoms with Crippen molar-refractivity contribution < 1.29 is 4.43 Å². The molecule has 0 spiro atoms. The van der Waals surface area contributed by atoms with Crippen molar-refractivity contribution >= 4 is 8.32 Å². The molecule has 2 atom stereocenters. The second kappa shape index (κ2) is 5.54. The van der Waals surface area contributed by atoms with Crippen LogP contribution in [-0.2, 0) is 4.43 Å². The summed E-state index contributed by atoms with van der Waals surface area (Å²) in [6.45, 7) is 11.1. The van der Waals surface area contributed by atoms with Crippen LogP contribution in [0.4, 0.5) is 0 Å². The Morgan fingerprint density at radius 2 is 1.88 bits per heavy atom. The van der Waals surface area contributed by atoms with Gasteiger partial charge in [0.2, 0.25) is 0 Å². The average Bonchev–Trinajstić information content (AvgIpc) is 2.39. The van der Waals surface area contributed by atoms with Gasteiger partial charge < -0.3 is 4.43 Å². The lowest BCUT2D eigenvalue weighted by atomic mass is 9.88. The SMILES string of the molecule is CC(C)C1CCCC(C#N)(O[Si](C)(C)C)CC1. The first-order valence-electron chi connectivity index (χ1n) is 6.89. The second-order valence-electron chi connectivity index (χ2n) is 6.76. The van der Waals surface area contributed by atoms with Crippen molar-refractivity contribution in [3.8, 4) is 6.07 Å². The van der Waals surface area contributed by atoms with E-state index < -0.39 is 13.9 Å². The summed E-state index contributed by atoms with van der Waals surface area (Å²) in [5, 5.41) is 9.50. The van der Waals surface area contributed by atoms with E-state index >= 15 is 0 Å². The monoisotopic (exact) mass is 253 g/mol. The zero-order valence-corrected chi connectivity index (χ0v) is 13.0. The van der Waals surface area contributed by atoms with Gasteiger partial charge in [0, 0.05) is 0 Å². The molecule has 1 rings (SSSR count). The molecule has 0 heterocycles. The minimum absolute atomic E-state index is 0.478. The molecular weight excluding hydrogens is 226 g/mol. The Bertz CT molecular complexity index is 290. The molecule has 0 aromatic heterocycles. The topological polar surface area (TPSA) is 33.0 Å². The molecule has 0 aromatic carbocycles. The molecule has 0 N–H and O–H groups in total. The summed E-state index contributed by atoms with van der Waals surface area (Å²) >= 11 is 0. The van der Waals surface area contributed by atoms with Gasteiger partial charge in [0.05, 0.1) is 6.07 Å². The number of hydrogen-bond acceptors (Lipinski definition) is 2. The van der Waals surface area contributed by atoms with E-state index in [0.29, 0.717) is 0 Å². The fourth-order valence-electron chi connectivity index (χ4n) is 2.83. The van der Waals surface area contributed by atoms with Gasteiger partial charge in [0.1, 0.15) is 5.60 Å². The highest BCUT2D eigenvalue weighted by Gasteiger charge is 2.38. The first-order valence-corrected chi connectivity index (χ1v) is 10.3. The maximum absolute atomic E-state index is 9.50. The lowest BCUT2D eigenvalue weighted by Crippen LogP contribution is -2.41. The molecule has 98 valence electrons. The smallest absolute Gasteiger partial charge is 0.185 e. The molecule has 2 nitrogen and oxygen atoms in total. The van der Waals surface area contributed by atoms with E-state index in [9.17, 15) is 5.26 Å². The van der Waals surface area contributed by atoms with Gasteiger partial charge in [0.15, 0.2) is 8.32 Å². The van der Waals surface area contributed by atoms with Crippen LogP contribution in [-0.4, -0.2) is 13.9 Å². The fourth-order valence-corrected chi connectivity index (χ4v) is 4.25. The van der Waals surface area contributed by atoms with E-state index in [1.807, 2.05) is 0 Å². The molecule has 0 radical (unpaired) electrons. The Morgan fingerprint density at radius 1 is 1.24 bits per heavy atom. The second-order valence-corrected chi connectivity index (χ2v) is 11.2. The van der Waals surface area contributed by atoms with Crippen molar-refractivity contribution in [1.29, 1.82) is 5.26 Å². The van der Waals surface area contributed by atoms with E-state index in [4.69, 9.17) is 4.43 Å². The van der Waals surface area contributed by atoms with Crippen molar-refractivity contribution in [3.63, 3.8) is 0 Å². The molecular formula is C14H27NOSi. The van der Waals surface area contributed by atoms with Gasteiger partial charge in [0.25, 0.3) is 0 Å². The van der Waals surface area contributed by atoms with E-state index in [1.165, 1.54) is 6.42 Å². The van der Waals surface area contributed by atoms with E-state index in [1.54, 1.807) is 0 Å². The molecule has 0 amide bonds. The van der Waals surface area contributed by atoms with Crippen molar-refractivity contribution in [3.05, 3.63) is 0 Å². The molecule has 1 aliphatic carbocycles. The van der Waals surface area contributed by atoms with Crippen molar-refractivity contribution in [2.24, 2.45) is 11.8 Å². The molecule has 0 bridgehead atoms. The van der Waals surface area contributed by atoms with Gasteiger partial charge in [-0.05, 0) is 57.2 Å². The van der Waals surface area contributed by atoms with Crippen LogP contribution in [0.1, 0.15) is 46.0 Å². The van der Waals surface area contributed by atoms with Crippen molar-refractivity contribution in [1.82, 2.24) is 0 Å². The third-order valence-corrected chi connectivity index (χ3v) is 4.73. The maximum atomic E-state index is 9.50. The summed E-state index contributed by atoms with van der Waals surface area (Å²) in [5.74, 6) is 1.51. The quantitative estimate of drug-likeness (QED) is 0.554. The van der Waals surface area contributed by atoms with Crippen LogP contribution in [0.15, 0.2) is 0 Å². The van der Waals surface area contributed by atoms with E-state index in [2.05, 4.69) is 39.6 Å². The van der Waals surface area contributed by atoms with Crippen LogP contribution in [0.5, 0.6) is 0 Å². The Kier molecular flexibility index (Phi) is 4.80. The Hall–Kier alpha value is -0.333. The van der Waals surface area contributed by atoms with Crippen LogP contribution < -0.4 is 0 Å². The van der Waals surface area contributed by atoms with Crippen LogP contribution in [0.3, 0.4) is 0 Å². The van der Waals surface area contributed by atoms with Crippen LogP contribution >= 0.6 is 0 Å². The normalized spacial score (nSPS) is 31.0. The molecule has 0 saturated heterocycles. The lowest BCUT2D eigenvalue weighted by Gasteiger charge is -2.33. The minimum atomic E-state index is -1.63. The molecule has 1 fully saturated rings. The summed E-state index contributed by atoms with van der Waals surface area (Å²) in [5.41, 5.74) is -0.478. The zero-order valence-electron chi connectivity index (χ0n) is 12.0. The molecule has 3 heteroatoms. The lowest BCUT2D eigenvalue weighted by molar-refractivity contribution is 0.100. The summed E-state index contributed by atoms with van der Waals surface area (Å²) < 4.78 is 6.20. The van der Waals surface area contributed by atoms with E-state index in [-0.39, 0.29) is 0 Å². The molecule has 1 aliphatic rings. The molecule has 17 heavy (non-hydrogen) atoms. The number of rotatable bonds is 3. The highest BCUT2D eigenvalue weighted by Crippen LogP contribution is 2.37. The first-order chi connectivity index (χ1) is 7.78. The number of nitrogens with zero attached hydrogens (tertiary/aromatic N) is 1. The summed E-state index contributed by atoms with van der Waals surface area (Å²) in [6.07, 6.45) is 5.40. The minimum Gasteiger partial charge on any atom is -0.400 e. The van der Waals surface area contributed by atoms with Crippen molar-refractivity contribution in [2.45, 2.75) is 71.2 Å². The van der Waals surface area contributed by atoms with Gasteiger partial charge in [-0.1, -0.05) is 20.3 Å². The van der Waals surface area contributed by atoms with Gasteiger partial charge in [-0.2, -0.15) is 5.26 Å². The predicted molar refractivity (Wildman–Crippen MR) is 74.2 cm³/mol. The molecule has 2 unspecified atom stereocenters. The third kappa shape index (κ3) is 4.44. The van der Waals surface area contributed by atoms with Gasteiger partial charge >= 0.3 is 0 Å². The Labute approximate surface area is 107 Å². The Morgan fingerprint density at radius 3 is 2.35 bits per heavy atom. The average molecular weight is 253 g/mol. The van der Waals surface area contributed by atoms with Crippen LogP contribution in [0.25, 0.3) is 0 Å². The third-order valence-electron chi connectivity index (χ3n) is 3.72. The van der Waals surface area contributed by atoms with Crippen LogP contribution in [0.2, 0.25) is 19.6 Å². The van der Waals surface area contributed by atoms with Gasteiger partial charge in [-0.25, -0.2) is 0 Å². The highest BCUT2D eigenvalue weighted by atomic mass is 28.4. The highest BCUT2D eigenvalue weighted by molar-refractivity contribution is 6.69. The molecule has 0 aliphatic heterocycles. The van der Waals surface area contributed by atoms with Crippen molar-refractivity contribution in [2.75, 3.05) is 0 Å². The predicted octanol–water partition coefficient (Wildman–Crippen LogP) is 4.34. The standard InChI is InChI=1S/C14H27NOSi/c1-12(2)13-7-6-9-14(11-15,10-8-13)16-17(3,4)5/h12-13H,6-10H2,1-5H3. The van der Waals surface area contributed by atoms with Gasteiger partial charge in [-0.15, -0.1) is 0 Å².